The average molecular weight is 1130 g/mol. The van der Waals surface area contributed by atoms with Crippen molar-refractivity contribution < 1.29 is 28.6 Å². The Morgan fingerprint density at radius 1 is 0.259 bits per heavy atom. The maximum absolute atomic E-state index is 12.9. The summed E-state index contributed by atoms with van der Waals surface area (Å²) in [6.45, 7) is 6.56. The second kappa shape index (κ2) is 68.8. The van der Waals surface area contributed by atoms with E-state index in [1.54, 1.807) is 0 Å². The first-order valence-corrected chi connectivity index (χ1v) is 34.7. The molecule has 0 aliphatic carbocycles. The highest BCUT2D eigenvalue weighted by Crippen LogP contribution is 2.17. The summed E-state index contributed by atoms with van der Waals surface area (Å²) in [7, 11) is 0. The Morgan fingerprint density at radius 2 is 0.481 bits per heavy atom. The third-order valence-corrected chi connectivity index (χ3v) is 15.1. The van der Waals surface area contributed by atoms with E-state index < -0.39 is 6.10 Å². The maximum Gasteiger partial charge on any atom is 0.306 e. The van der Waals surface area contributed by atoms with Crippen molar-refractivity contribution in [1.82, 2.24) is 0 Å². The minimum absolute atomic E-state index is 0.0807. The molecule has 81 heavy (non-hydrogen) atoms. The van der Waals surface area contributed by atoms with Crippen LogP contribution in [0.5, 0.6) is 0 Å². The number of carbonyl (C=O) groups excluding carboxylic acids is 3. The largest absolute Gasteiger partial charge is 0.462 e. The molecule has 0 aliphatic rings. The topological polar surface area (TPSA) is 78.9 Å². The fourth-order valence-corrected chi connectivity index (χ4v) is 9.93. The lowest BCUT2D eigenvalue weighted by Gasteiger charge is -2.18. The van der Waals surface area contributed by atoms with E-state index in [1.165, 1.54) is 180 Å². The van der Waals surface area contributed by atoms with E-state index in [0.717, 1.165) is 122 Å². The maximum atomic E-state index is 12.9. The molecule has 0 amide bonds. The average Bonchev–Trinajstić information content (AvgIpc) is 3.47. The molecule has 1 unspecified atom stereocenters. The van der Waals surface area contributed by atoms with Crippen molar-refractivity contribution in [3.8, 4) is 0 Å². The van der Waals surface area contributed by atoms with Crippen molar-refractivity contribution in [2.45, 2.75) is 348 Å². The Morgan fingerprint density at radius 3 is 0.753 bits per heavy atom. The zero-order chi connectivity index (χ0) is 58.5. The van der Waals surface area contributed by atoms with Crippen LogP contribution in [0.3, 0.4) is 0 Å². The van der Waals surface area contributed by atoms with Crippen LogP contribution in [-0.2, 0) is 28.6 Å². The van der Waals surface area contributed by atoms with E-state index in [1.807, 2.05) is 0 Å². The quantitative estimate of drug-likeness (QED) is 0.0261. The van der Waals surface area contributed by atoms with Crippen LogP contribution in [0.1, 0.15) is 342 Å². The smallest absolute Gasteiger partial charge is 0.306 e. The predicted octanol–water partition coefficient (Wildman–Crippen LogP) is 24.0. The first-order valence-electron chi connectivity index (χ1n) is 34.7. The van der Waals surface area contributed by atoms with Gasteiger partial charge in [0, 0.05) is 19.3 Å². The Labute approximate surface area is 502 Å². The van der Waals surface area contributed by atoms with Gasteiger partial charge in [-0.15, -0.1) is 0 Å². The molecule has 0 saturated heterocycles. The van der Waals surface area contributed by atoms with E-state index in [-0.39, 0.29) is 31.1 Å². The summed E-state index contributed by atoms with van der Waals surface area (Å²) in [5, 5.41) is 0. The number of hydrogen-bond donors (Lipinski definition) is 0. The molecule has 0 aromatic heterocycles. The Bertz CT molecular complexity index is 1580. The van der Waals surface area contributed by atoms with Gasteiger partial charge in [-0.2, -0.15) is 0 Å². The number of carbonyl (C=O) groups is 3. The third-order valence-electron chi connectivity index (χ3n) is 15.1. The van der Waals surface area contributed by atoms with Gasteiger partial charge in [-0.25, -0.2) is 0 Å². The molecular weight excluding hydrogens is 997 g/mol. The van der Waals surface area contributed by atoms with E-state index >= 15 is 0 Å². The molecule has 0 aromatic rings. The molecule has 6 nitrogen and oxygen atoms in total. The molecule has 0 radical (unpaired) electrons. The Hall–Kier alpha value is -3.67. The molecular formula is C75H130O6. The van der Waals surface area contributed by atoms with E-state index in [2.05, 4.69) is 118 Å². The second-order valence-electron chi connectivity index (χ2n) is 23.1. The molecule has 466 valence electrons. The first-order chi connectivity index (χ1) is 40.0. The minimum atomic E-state index is -0.787. The van der Waals surface area contributed by atoms with Gasteiger partial charge in [-0.1, -0.05) is 336 Å². The van der Waals surface area contributed by atoms with Crippen LogP contribution in [0, 0.1) is 0 Å². The molecule has 0 bridgehead atoms. The fourth-order valence-electron chi connectivity index (χ4n) is 9.93. The van der Waals surface area contributed by atoms with E-state index in [0.29, 0.717) is 19.3 Å². The monoisotopic (exact) mass is 1130 g/mol. The summed E-state index contributed by atoms with van der Waals surface area (Å²) in [6.07, 6.45) is 92.8. The normalized spacial score (nSPS) is 12.7. The molecule has 0 aromatic carbocycles. The van der Waals surface area contributed by atoms with Gasteiger partial charge < -0.3 is 14.2 Å². The van der Waals surface area contributed by atoms with E-state index in [9.17, 15) is 14.4 Å². The third kappa shape index (κ3) is 67.0. The number of hydrogen-bond acceptors (Lipinski definition) is 6. The molecule has 0 spiro atoms. The fraction of sp³-hybridized carbons (Fsp3) is 0.747. The lowest BCUT2D eigenvalue weighted by Crippen LogP contribution is -2.30. The van der Waals surface area contributed by atoms with Crippen molar-refractivity contribution in [1.29, 1.82) is 0 Å². The van der Waals surface area contributed by atoms with Gasteiger partial charge >= 0.3 is 17.9 Å². The summed E-state index contributed by atoms with van der Waals surface area (Å²) < 4.78 is 17.0. The molecule has 6 heteroatoms. The summed E-state index contributed by atoms with van der Waals surface area (Å²) in [5.74, 6) is -0.887. The lowest BCUT2D eigenvalue weighted by molar-refractivity contribution is -0.167. The zero-order valence-electron chi connectivity index (χ0n) is 53.5. The van der Waals surface area contributed by atoms with Crippen LogP contribution in [0.25, 0.3) is 0 Å². The van der Waals surface area contributed by atoms with Crippen LogP contribution in [0.2, 0.25) is 0 Å². The highest BCUT2D eigenvalue weighted by molar-refractivity contribution is 5.71. The van der Waals surface area contributed by atoms with Crippen LogP contribution in [0.4, 0.5) is 0 Å². The Balaban J connectivity index is 4.38. The molecule has 0 saturated carbocycles. The summed E-state index contributed by atoms with van der Waals surface area (Å²) in [4.78, 5) is 38.4. The van der Waals surface area contributed by atoms with E-state index in [4.69, 9.17) is 14.2 Å². The number of ether oxygens (including phenoxy) is 3. The summed E-state index contributed by atoms with van der Waals surface area (Å²) in [6, 6.07) is 0. The van der Waals surface area contributed by atoms with Crippen LogP contribution in [0.15, 0.2) is 97.2 Å². The van der Waals surface area contributed by atoms with Crippen molar-refractivity contribution in [2.24, 2.45) is 0 Å². The van der Waals surface area contributed by atoms with Crippen molar-refractivity contribution >= 4 is 17.9 Å². The molecule has 1 atom stereocenters. The van der Waals surface area contributed by atoms with Gasteiger partial charge in [0.1, 0.15) is 13.2 Å². The van der Waals surface area contributed by atoms with Gasteiger partial charge in [0.2, 0.25) is 0 Å². The van der Waals surface area contributed by atoms with Crippen molar-refractivity contribution in [3.05, 3.63) is 97.2 Å². The van der Waals surface area contributed by atoms with Crippen LogP contribution in [-0.4, -0.2) is 37.2 Å². The number of rotatable bonds is 63. The molecule has 0 N–H and O–H groups in total. The van der Waals surface area contributed by atoms with Gasteiger partial charge in [0.15, 0.2) is 6.10 Å². The van der Waals surface area contributed by atoms with Gasteiger partial charge in [-0.3, -0.25) is 14.4 Å². The number of esters is 3. The first kappa shape index (κ1) is 77.3. The predicted molar refractivity (Wildman–Crippen MR) is 353 cm³/mol. The minimum Gasteiger partial charge on any atom is -0.462 e. The second-order valence-corrected chi connectivity index (χ2v) is 23.1. The SMILES string of the molecule is CC/C=C\C/C=C\C/C=C\C/C=C\C/C=C\C/C=C\C/C=C\C/C=C\CCCCCCC(=O)OCC(COC(=O)CCCCCCCCCCCCCCCCCC)OC(=O)CCCCCCCCCCCCCCCCCCCC. The lowest BCUT2D eigenvalue weighted by atomic mass is 10.0. The number of allylic oxidation sites excluding steroid dienone is 16. The summed E-state index contributed by atoms with van der Waals surface area (Å²) in [5.41, 5.74) is 0. The zero-order valence-corrected chi connectivity index (χ0v) is 53.5. The number of unbranched alkanes of at least 4 members (excludes halogenated alkanes) is 36. The summed E-state index contributed by atoms with van der Waals surface area (Å²) >= 11 is 0. The van der Waals surface area contributed by atoms with Crippen molar-refractivity contribution in [2.75, 3.05) is 13.2 Å². The van der Waals surface area contributed by atoms with Gasteiger partial charge in [0.25, 0.3) is 0 Å². The molecule has 0 heterocycles. The van der Waals surface area contributed by atoms with Gasteiger partial charge in [-0.05, 0) is 83.5 Å². The van der Waals surface area contributed by atoms with Crippen molar-refractivity contribution in [3.63, 3.8) is 0 Å². The Kier molecular flexibility index (Phi) is 65.7. The van der Waals surface area contributed by atoms with Gasteiger partial charge in [0.05, 0.1) is 0 Å². The molecule has 0 aliphatic heterocycles. The highest BCUT2D eigenvalue weighted by atomic mass is 16.6. The van der Waals surface area contributed by atoms with Crippen LogP contribution >= 0.6 is 0 Å². The molecule has 0 rings (SSSR count). The standard InChI is InChI=1S/C75H130O6/c1-4-7-10-13-16-19-22-25-28-31-33-34-35-36-37-38-39-40-41-42-43-45-47-50-53-56-59-62-65-68-74(77)80-71-72(70-79-73(76)67-64-61-58-55-52-49-46-30-27-24-21-18-15-12-9-6-3)81-75(78)69-66-63-60-57-54-51-48-44-32-29-26-23-20-17-14-11-8-5-2/h7,10,16,19,25,28,33-34,36-37,39-40,42-43,47,50,72H,4-6,8-9,11-15,17-18,20-24,26-27,29-32,35,38,41,44-46,48-49,51-71H2,1-3H3/b10-7-,19-16-,28-25-,34-33-,37-36-,40-39-,43-42-,50-47-. The highest BCUT2D eigenvalue weighted by Gasteiger charge is 2.19. The molecule has 0 fully saturated rings. The van der Waals surface area contributed by atoms with Crippen LogP contribution < -0.4 is 0 Å².